The van der Waals surface area contributed by atoms with Gasteiger partial charge in [0.05, 0.1) is 5.56 Å². The molecule has 1 aromatic carbocycles. The summed E-state index contributed by atoms with van der Waals surface area (Å²) in [6.07, 6.45) is 3.24. The van der Waals surface area contributed by atoms with Crippen LogP contribution >= 0.6 is 0 Å². The van der Waals surface area contributed by atoms with Crippen molar-refractivity contribution in [3.8, 4) is 0 Å². The number of Topliss-reactive ketones (excluding diaryl/α,β-unsaturated/α-hetero) is 1. The average Bonchev–Trinajstić information content (AvgIpc) is 2.61. The fourth-order valence-corrected chi connectivity index (χ4v) is 5.25. The minimum atomic E-state index is -0.764. The van der Waals surface area contributed by atoms with Crippen LogP contribution in [0.25, 0.3) is 0 Å². The van der Waals surface area contributed by atoms with Crippen molar-refractivity contribution in [2.75, 3.05) is 0 Å². The van der Waals surface area contributed by atoms with Crippen LogP contribution in [0.15, 0.2) is 24.3 Å². The van der Waals surface area contributed by atoms with E-state index in [9.17, 15) is 13.4 Å². The van der Waals surface area contributed by atoms with Crippen molar-refractivity contribution in [3.63, 3.8) is 0 Å². The van der Waals surface area contributed by atoms with Gasteiger partial charge in [0.15, 0.2) is 5.78 Å². The lowest BCUT2D eigenvalue weighted by Crippen LogP contribution is -2.32. The van der Waals surface area contributed by atoms with E-state index in [1.54, 1.807) is 18.2 Å². The fourth-order valence-electron chi connectivity index (χ4n) is 3.13. The Hall–Kier alpha value is -1.03. The summed E-state index contributed by atoms with van der Waals surface area (Å²) >= 11 is 0. The van der Waals surface area contributed by atoms with Crippen molar-refractivity contribution < 1.29 is 13.4 Å². The number of rotatable bonds is 2. The molecule has 18 heavy (non-hydrogen) atoms. The summed E-state index contributed by atoms with van der Waals surface area (Å²) in [4.78, 5) is 12.3. The molecule has 0 saturated carbocycles. The molecule has 0 radical (unpaired) electrons. The van der Waals surface area contributed by atoms with Gasteiger partial charge in [-0.05, 0) is 37.8 Å². The van der Waals surface area contributed by atoms with Crippen molar-refractivity contribution in [2.24, 2.45) is 5.92 Å². The number of hydrogen-bond donors (Lipinski definition) is 0. The van der Waals surface area contributed by atoms with E-state index >= 15 is 0 Å². The first-order chi connectivity index (χ1) is 8.66. The average molecular weight is 266 g/mol. The van der Waals surface area contributed by atoms with Crippen LogP contribution in [0.1, 0.15) is 36.0 Å². The Kier molecular flexibility index (Phi) is 3.06. The molecule has 2 fully saturated rings. The highest BCUT2D eigenvalue weighted by Gasteiger charge is 2.43. The molecule has 2 aliphatic rings. The summed E-state index contributed by atoms with van der Waals surface area (Å²) in [6, 6.07) is 6.14. The normalized spacial score (nSPS) is 34.5. The molecule has 2 atom stereocenters. The number of carbonyl (C=O) groups excluding carboxylic acids is 1. The molecule has 0 N–H and O–H groups in total. The predicted octanol–water partition coefficient (Wildman–Crippen LogP) is 2.70. The highest BCUT2D eigenvalue weighted by atomic mass is 32.2. The first-order valence-electron chi connectivity index (χ1n) is 6.35. The molecular weight excluding hydrogens is 251 g/mol. The van der Waals surface area contributed by atoms with E-state index in [0.717, 1.165) is 12.8 Å². The molecule has 96 valence electrons. The summed E-state index contributed by atoms with van der Waals surface area (Å²) in [5.74, 6) is -0.694. The Morgan fingerprint density at radius 3 is 2.39 bits per heavy atom. The third kappa shape index (κ3) is 1.92. The smallest absolute Gasteiger partial charge is 0.168 e. The van der Waals surface area contributed by atoms with Gasteiger partial charge in [-0.25, -0.2) is 4.39 Å². The van der Waals surface area contributed by atoms with Crippen LogP contribution in [0.3, 0.4) is 0 Å². The van der Waals surface area contributed by atoms with Gasteiger partial charge in [-0.2, -0.15) is 0 Å². The molecule has 2 nitrogen and oxygen atoms in total. The zero-order chi connectivity index (χ0) is 12.7. The number of carbonyl (C=O) groups is 1. The molecule has 0 aromatic heterocycles. The van der Waals surface area contributed by atoms with E-state index in [2.05, 4.69) is 0 Å². The summed E-state index contributed by atoms with van der Waals surface area (Å²) in [5.41, 5.74) is 0.189. The molecule has 0 amide bonds. The number of fused-ring (bicyclic) bond motifs is 2. The highest BCUT2D eigenvalue weighted by Crippen LogP contribution is 2.39. The molecule has 2 heterocycles. The van der Waals surface area contributed by atoms with Crippen LogP contribution in [-0.4, -0.2) is 20.5 Å². The molecule has 2 saturated heterocycles. The number of hydrogen-bond acceptors (Lipinski definition) is 2. The van der Waals surface area contributed by atoms with Gasteiger partial charge in [0.1, 0.15) is 5.82 Å². The van der Waals surface area contributed by atoms with Gasteiger partial charge in [-0.1, -0.05) is 12.1 Å². The van der Waals surface area contributed by atoms with Gasteiger partial charge in [0, 0.05) is 27.2 Å². The molecule has 0 spiro atoms. The standard InChI is InChI=1S/C14H15FO2S/c15-13-4-2-1-3-12(13)14(16)9-7-10-5-6-11(8-9)18(10)17/h1-4,9-11H,5-8H2. The lowest BCUT2D eigenvalue weighted by atomic mass is 9.90. The summed E-state index contributed by atoms with van der Waals surface area (Å²) in [5, 5.41) is 0.314. The molecule has 2 aliphatic heterocycles. The predicted molar refractivity (Wildman–Crippen MR) is 68.4 cm³/mol. The van der Waals surface area contributed by atoms with E-state index in [4.69, 9.17) is 0 Å². The second-order valence-electron chi connectivity index (χ2n) is 5.16. The Bertz CT molecular complexity index is 498. The Morgan fingerprint density at radius 1 is 1.17 bits per heavy atom. The second-order valence-corrected chi connectivity index (χ2v) is 7.15. The van der Waals surface area contributed by atoms with Crippen LogP contribution < -0.4 is 0 Å². The zero-order valence-corrected chi connectivity index (χ0v) is 10.8. The van der Waals surface area contributed by atoms with E-state index in [-0.39, 0.29) is 27.8 Å². The van der Waals surface area contributed by atoms with E-state index in [1.807, 2.05) is 0 Å². The van der Waals surface area contributed by atoms with Gasteiger partial charge in [-0.3, -0.25) is 9.00 Å². The van der Waals surface area contributed by atoms with Gasteiger partial charge < -0.3 is 0 Å². The maximum absolute atomic E-state index is 13.6. The monoisotopic (exact) mass is 266 g/mol. The third-order valence-electron chi connectivity index (χ3n) is 4.07. The molecule has 1 aromatic rings. The number of ketones is 1. The molecule has 4 heteroatoms. The maximum atomic E-state index is 13.6. The Morgan fingerprint density at radius 2 is 1.78 bits per heavy atom. The molecule has 2 unspecified atom stereocenters. The van der Waals surface area contributed by atoms with E-state index in [0.29, 0.717) is 12.8 Å². The van der Waals surface area contributed by atoms with Crippen molar-refractivity contribution >= 4 is 16.6 Å². The van der Waals surface area contributed by atoms with Gasteiger partial charge in [0.2, 0.25) is 0 Å². The van der Waals surface area contributed by atoms with Crippen LogP contribution in [0, 0.1) is 11.7 Å². The summed E-state index contributed by atoms with van der Waals surface area (Å²) < 4.78 is 25.5. The number of benzene rings is 1. The van der Waals surface area contributed by atoms with Gasteiger partial charge in [-0.15, -0.1) is 0 Å². The molecule has 0 aliphatic carbocycles. The third-order valence-corrected chi connectivity index (χ3v) is 6.24. The van der Waals surface area contributed by atoms with Gasteiger partial charge >= 0.3 is 0 Å². The quantitative estimate of drug-likeness (QED) is 0.771. The minimum Gasteiger partial charge on any atom is -0.294 e. The van der Waals surface area contributed by atoms with Crippen LogP contribution in [0.4, 0.5) is 4.39 Å². The molecule has 3 rings (SSSR count). The summed E-state index contributed by atoms with van der Waals surface area (Å²) in [7, 11) is -0.764. The largest absolute Gasteiger partial charge is 0.294 e. The summed E-state index contributed by atoms with van der Waals surface area (Å²) in [6.45, 7) is 0. The first-order valence-corrected chi connectivity index (χ1v) is 7.62. The van der Waals surface area contributed by atoms with E-state index < -0.39 is 16.6 Å². The van der Waals surface area contributed by atoms with Crippen LogP contribution in [-0.2, 0) is 10.8 Å². The SMILES string of the molecule is O=C(c1ccccc1F)C1CC2CCC(C1)S2=O. The lowest BCUT2D eigenvalue weighted by molar-refractivity contribution is 0.0902. The lowest BCUT2D eigenvalue weighted by Gasteiger charge is -2.26. The van der Waals surface area contributed by atoms with Crippen LogP contribution in [0.2, 0.25) is 0 Å². The molecule has 2 bridgehead atoms. The van der Waals surface area contributed by atoms with E-state index in [1.165, 1.54) is 6.07 Å². The zero-order valence-electron chi connectivity index (χ0n) is 9.97. The topological polar surface area (TPSA) is 34.1 Å². The van der Waals surface area contributed by atoms with Crippen molar-refractivity contribution in [2.45, 2.75) is 36.2 Å². The highest BCUT2D eigenvalue weighted by molar-refractivity contribution is 7.86. The van der Waals surface area contributed by atoms with Crippen molar-refractivity contribution in [3.05, 3.63) is 35.6 Å². The number of halogens is 1. The minimum absolute atomic E-state index is 0.110. The fraction of sp³-hybridized carbons (Fsp3) is 0.500. The Labute approximate surface area is 108 Å². The maximum Gasteiger partial charge on any atom is 0.168 e. The van der Waals surface area contributed by atoms with Crippen molar-refractivity contribution in [1.82, 2.24) is 0 Å². The molecular formula is C14H15FO2S. The first kappa shape index (κ1) is 12.0. The van der Waals surface area contributed by atoms with Gasteiger partial charge in [0.25, 0.3) is 0 Å². The van der Waals surface area contributed by atoms with Crippen molar-refractivity contribution in [1.29, 1.82) is 0 Å². The second kappa shape index (κ2) is 4.57. The van der Waals surface area contributed by atoms with Crippen LogP contribution in [0.5, 0.6) is 0 Å². The Balaban J connectivity index is 1.83.